The van der Waals surface area contributed by atoms with Crippen molar-refractivity contribution in [2.75, 3.05) is 0 Å². The molecule has 0 amide bonds. The SMILES string of the molecule is C/C(=C\C(=O)O)C(=O)O.O. The molecule has 0 rings (SSSR count). The predicted molar refractivity (Wildman–Crippen MR) is 32.6 cm³/mol. The van der Waals surface area contributed by atoms with Crippen LogP contribution >= 0.6 is 0 Å². The molecule has 0 aromatic heterocycles. The summed E-state index contributed by atoms with van der Waals surface area (Å²) < 4.78 is 0. The van der Waals surface area contributed by atoms with Crippen LogP contribution < -0.4 is 0 Å². The van der Waals surface area contributed by atoms with Crippen molar-refractivity contribution < 1.29 is 25.3 Å². The first-order valence-electron chi connectivity index (χ1n) is 2.18. The molecule has 5 heteroatoms. The van der Waals surface area contributed by atoms with E-state index < -0.39 is 11.9 Å². The molecule has 0 fully saturated rings. The number of rotatable bonds is 2. The molecular formula is C5H8O5. The molecule has 10 heavy (non-hydrogen) atoms. The fourth-order valence-corrected chi connectivity index (χ4v) is 0.247. The van der Waals surface area contributed by atoms with E-state index in [2.05, 4.69) is 0 Å². The second kappa shape index (κ2) is 4.51. The van der Waals surface area contributed by atoms with Gasteiger partial charge < -0.3 is 15.7 Å². The van der Waals surface area contributed by atoms with Crippen molar-refractivity contribution in [3.8, 4) is 0 Å². The Labute approximate surface area is 56.9 Å². The molecule has 0 bridgehead atoms. The third-order valence-corrected chi connectivity index (χ3v) is 0.677. The molecule has 0 saturated heterocycles. The lowest BCUT2D eigenvalue weighted by atomic mass is 10.3. The fourth-order valence-electron chi connectivity index (χ4n) is 0.247. The van der Waals surface area contributed by atoms with Gasteiger partial charge in [-0.15, -0.1) is 0 Å². The summed E-state index contributed by atoms with van der Waals surface area (Å²) in [4.78, 5) is 19.7. The van der Waals surface area contributed by atoms with Gasteiger partial charge in [-0.3, -0.25) is 0 Å². The number of carboxylic acid groups (broad SMARTS) is 2. The molecule has 0 aliphatic rings. The quantitative estimate of drug-likeness (QED) is 0.503. The Balaban J connectivity index is 0. The fraction of sp³-hybridized carbons (Fsp3) is 0.200. The first-order chi connectivity index (χ1) is 4.04. The zero-order chi connectivity index (χ0) is 7.44. The van der Waals surface area contributed by atoms with Gasteiger partial charge in [0.25, 0.3) is 0 Å². The van der Waals surface area contributed by atoms with E-state index >= 15 is 0 Å². The van der Waals surface area contributed by atoms with Crippen LogP contribution in [0.4, 0.5) is 0 Å². The van der Waals surface area contributed by atoms with E-state index in [9.17, 15) is 9.59 Å². The van der Waals surface area contributed by atoms with E-state index in [1.54, 1.807) is 0 Å². The highest BCUT2D eigenvalue weighted by Gasteiger charge is 2.00. The Bertz CT molecular complexity index is 169. The topological polar surface area (TPSA) is 106 Å². The minimum atomic E-state index is -1.24. The lowest BCUT2D eigenvalue weighted by molar-refractivity contribution is -0.135. The van der Waals surface area contributed by atoms with Gasteiger partial charge in [0.15, 0.2) is 0 Å². The van der Waals surface area contributed by atoms with Crippen molar-refractivity contribution in [1.82, 2.24) is 0 Å². The van der Waals surface area contributed by atoms with Gasteiger partial charge in [-0.1, -0.05) is 0 Å². The van der Waals surface area contributed by atoms with Crippen molar-refractivity contribution in [3.05, 3.63) is 11.6 Å². The van der Waals surface area contributed by atoms with Crippen molar-refractivity contribution in [1.29, 1.82) is 0 Å². The average molecular weight is 148 g/mol. The van der Waals surface area contributed by atoms with E-state index in [1.165, 1.54) is 6.92 Å². The third kappa shape index (κ3) is 4.79. The lowest BCUT2D eigenvalue weighted by Crippen LogP contribution is -1.99. The summed E-state index contributed by atoms with van der Waals surface area (Å²) in [5, 5.41) is 16.1. The summed E-state index contributed by atoms with van der Waals surface area (Å²) in [6.45, 7) is 1.22. The highest BCUT2D eigenvalue weighted by Crippen LogP contribution is 1.89. The van der Waals surface area contributed by atoms with Crippen LogP contribution in [-0.4, -0.2) is 27.6 Å². The van der Waals surface area contributed by atoms with Crippen molar-refractivity contribution in [2.45, 2.75) is 6.92 Å². The van der Waals surface area contributed by atoms with Crippen LogP contribution in [0.5, 0.6) is 0 Å². The molecule has 5 nitrogen and oxygen atoms in total. The Morgan fingerprint density at radius 3 is 1.80 bits per heavy atom. The van der Waals surface area contributed by atoms with Crippen LogP contribution in [0.3, 0.4) is 0 Å². The highest BCUT2D eigenvalue weighted by molar-refractivity contribution is 5.93. The minimum absolute atomic E-state index is 0. The number of carbonyl (C=O) groups is 2. The molecule has 0 aromatic rings. The number of carboxylic acids is 2. The largest absolute Gasteiger partial charge is 0.478 e. The average Bonchev–Trinajstić information content (AvgIpc) is 1.63. The molecule has 0 heterocycles. The van der Waals surface area contributed by atoms with Crippen molar-refractivity contribution >= 4 is 11.9 Å². The molecule has 0 aliphatic carbocycles. The van der Waals surface area contributed by atoms with Gasteiger partial charge >= 0.3 is 11.9 Å². The minimum Gasteiger partial charge on any atom is -0.478 e. The monoisotopic (exact) mass is 148 g/mol. The van der Waals surface area contributed by atoms with E-state index in [0.29, 0.717) is 6.08 Å². The molecule has 0 saturated carbocycles. The second-order valence-corrected chi connectivity index (χ2v) is 1.47. The maximum atomic E-state index is 9.90. The number of hydrogen-bond donors (Lipinski definition) is 2. The van der Waals surface area contributed by atoms with Gasteiger partial charge in [-0.05, 0) is 6.92 Å². The van der Waals surface area contributed by atoms with Gasteiger partial charge in [0.1, 0.15) is 0 Å². The summed E-state index contributed by atoms with van der Waals surface area (Å²) in [6.07, 6.45) is 0.641. The zero-order valence-corrected chi connectivity index (χ0v) is 5.29. The molecule has 4 N–H and O–H groups in total. The third-order valence-electron chi connectivity index (χ3n) is 0.677. The molecule has 0 aromatic carbocycles. The Morgan fingerprint density at radius 2 is 1.70 bits per heavy atom. The van der Waals surface area contributed by atoms with Crippen molar-refractivity contribution in [2.24, 2.45) is 0 Å². The Hall–Kier alpha value is -1.36. The van der Waals surface area contributed by atoms with Crippen molar-refractivity contribution in [3.63, 3.8) is 0 Å². The summed E-state index contributed by atoms with van der Waals surface area (Å²) in [6, 6.07) is 0. The highest BCUT2D eigenvalue weighted by atomic mass is 16.4. The van der Waals surface area contributed by atoms with Gasteiger partial charge in [0, 0.05) is 11.6 Å². The molecular weight excluding hydrogens is 140 g/mol. The summed E-state index contributed by atoms with van der Waals surface area (Å²) in [7, 11) is 0. The number of aliphatic carboxylic acids is 2. The smallest absolute Gasteiger partial charge is 0.331 e. The standard InChI is InChI=1S/C5H6O4.H2O/c1-3(5(8)9)2-4(6)7;/h2H,1H3,(H,6,7)(H,8,9);1H2/b3-2+;. The van der Waals surface area contributed by atoms with E-state index in [4.69, 9.17) is 10.2 Å². The van der Waals surface area contributed by atoms with Crippen LogP contribution in [0.15, 0.2) is 11.6 Å². The van der Waals surface area contributed by atoms with Gasteiger partial charge in [0.2, 0.25) is 0 Å². The summed E-state index contributed by atoms with van der Waals surface area (Å²) >= 11 is 0. The first kappa shape index (κ1) is 11.4. The predicted octanol–water partition coefficient (Wildman–Crippen LogP) is -0.723. The van der Waals surface area contributed by atoms with Crippen LogP contribution in [0.2, 0.25) is 0 Å². The van der Waals surface area contributed by atoms with Crippen LogP contribution in [0.1, 0.15) is 6.92 Å². The molecule has 0 radical (unpaired) electrons. The maximum Gasteiger partial charge on any atom is 0.331 e. The first-order valence-corrected chi connectivity index (χ1v) is 2.18. The van der Waals surface area contributed by atoms with Gasteiger partial charge in [-0.25, -0.2) is 9.59 Å². The van der Waals surface area contributed by atoms with Crippen LogP contribution in [0.25, 0.3) is 0 Å². The normalized spacial score (nSPS) is 9.90. The number of hydrogen-bond acceptors (Lipinski definition) is 2. The Kier molecular flexibility index (Phi) is 5.16. The van der Waals surface area contributed by atoms with Crippen LogP contribution in [0, 0.1) is 0 Å². The van der Waals surface area contributed by atoms with Crippen LogP contribution in [-0.2, 0) is 9.59 Å². The molecule has 0 aliphatic heterocycles. The molecule has 58 valence electrons. The zero-order valence-electron chi connectivity index (χ0n) is 5.29. The van der Waals surface area contributed by atoms with Gasteiger partial charge in [-0.2, -0.15) is 0 Å². The van der Waals surface area contributed by atoms with E-state index in [0.717, 1.165) is 0 Å². The summed E-state index contributed by atoms with van der Waals surface area (Å²) in [5.41, 5.74) is -0.178. The lowest BCUT2D eigenvalue weighted by Gasteiger charge is -1.86. The van der Waals surface area contributed by atoms with E-state index in [1.807, 2.05) is 0 Å². The maximum absolute atomic E-state index is 9.90. The second-order valence-electron chi connectivity index (χ2n) is 1.47. The molecule has 0 atom stereocenters. The van der Waals surface area contributed by atoms with E-state index in [-0.39, 0.29) is 11.0 Å². The summed E-state index contributed by atoms with van der Waals surface area (Å²) in [5.74, 6) is -2.45. The van der Waals surface area contributed by atoms with Gasteiger partial charge in [0.05, 0.1) is 0 Å². The molecule has 0 unspecified atom stereocenters. The molecule has 0 spiro atoms. The Morgan fingerprint density at radius 1 is 1.30 bits per heavy atom.